The van der Waals surface area contributed by atoms with Gasteiger partial charge in [-0.05, 0) is 85.0 Å². The van der Waals surface area contributed by atoms with Crippen LogP contribution in [-0.2, 0) is 15.5 Å². The van der Waals surface area contributed by atoms with Crippen LogP contribution in [0.15, 0.2) is 18.2 Å². The first-order valence-electron chi connectivity index (χ1n) is 11.6. The Morgan fingerprint density at radius 1 is 1.18 bits per heavy atom. The zero-order valence-corrected chi connectivity index (χ0v) is 21.2. The van der Waals surface area contributed by atoms with Crippen molar-refractivity contribution in [2.24, 2.45) is 17.3 Å². The van der Waals surface area contributed by atoms with Gasteiger partial charge < -0.3 is 19.4 Å². The van der Waals surface area contributed by atoms with E-state index in [1.165, 1.54) is 16.0 Å². The van der Waals surface area contributed by atoms with Crippen LogP contribution >= 0.6 is 31.0 Å². The highest BCUT2D eigenvalue weighted by Crippen LogP contribution is 2.63. The molecule has 0 unspecified atom stereocenters. The Labute approximate surface area is 205 Å². The number of rotatable bonds is 7. The van der Waals surface area contributed by atoms with Gasteiger partial charge in [-0.2, -0.15) is 0 Å². The predicted octanol–water partition coefficient (Wildman–Crippen LogP) is 5.30. The van der Waals surface area contributed by atoms with Crippen LogP contribution in [0.5, 0.6) is 5.75 Å². The van der Waals surface area contributed by atoms with E-state index in [0.29, 0.717) is 54.8 Å². The molecule has 184 valence electrons. The van der Waals surface area contributed by atoms with E-state index in [-0.39, 0.29) is 5.41 Å². The van der Waals surface area contributed by atoms with Crippen LogP contribution in [0.25, 0.3) is 0 Å². The molecule has 2 fully saturated rings. The fourth-order valence-corrected chi connectivity index (χ4v) is 7.66. The number of alkyl halides is 2. The molecule has 0 spiro atoms. The molecule has 2 N–H and O–H groups in total. The van der Waals surface area contributed by atoms with Gasteiger partial charge in [-0.25, -0.2) is 9.36 Å². The molecular weight excluding hydrogens is 488 g/mol. The fourth-order valence-electron chi connectivity index (χ4n) is 6.58. The third-order valence-electron chi connectivity index (χ3n) is 8.05. The van der Waals surface area contributed by atoms with Gasteiger partial charge in [0.1, 0.15) is 5.75 Å². The van der Waals surface area contributed by atoms with Gasteiger partial charge in [-0.1, -0.05) is 13.0 Å². The Bertz CT molecular complexity index is 920. The highest BCUT2D eigenvalue weighted by atomic mass is 35.5. The third-order valence-corrected chi connectivity index (χ3v) is 8.91. The molecule has 0 saturated heterocycles. The topological polar surface area (TPSA) is 96.3 Å². The van der Waals surface area contributed by atoms with Crippen molar-refractivity contribution in [3.8, 4) is 5.75 Å². The van der Waals surface area contributed by atoms with Crippen molar-refractivity contribution in [2.45, 2.75) is 57.5 Å². The maximum atomic E-state index is 12.5. The van der Waals surface area contributed by atoms with Gasteiger partial charge in [0.2, 0.25) is 0 Å². The Kier molecular flexibility index (Phi) is 7.69. The molecule has 0 bridgehead atoms. The van der Waals surface area contributed by atoms with E-state index in [1.54, 1.807) is 0 Å². The lowest BCUT2D eigenvalue weighted by Crippen LogP contribution is -2.44. The Morgan fingerprint density at radius 2 is 1.91 bits per heavy atom. The number of fused-ring (bicyclic) bond motifs is 5. The summed E-state index contributed by atoms with van der Waals surface area (Å²) in [5, 5.41) is 0. The van der Waals surface area contributed by atoms with E-state index in [9.17, 15) is 19.1 Å². The van der Waals surface area contributed by atoms with Crippen LogP contribution in [-0.4, -0.2) is 51.7 Å². The smallest absolute Gasteiger partial charge is 0.410 e. The van der Waals surface area contributed by atoms with E-state index in [1.807, 2.05) is 12.1 Å². The first-order chi connectivity index (χ1) is 15.7. The minimum Gasteiger partial charge on any atom is -0.410 e. The van der Waals surface area contributed by atoms with E-state index in [4.69, 9.17) is 32.5 Å². The molecule has 4 rings (SSSR count). The number of benzene rings is 1. The van der Waals surface area contributed by atoms with Gasteiger partial charge in [-0.3, -0.25) is 4.52 Å². The first-order valence-corrected chi connectivity index (χ1v) is 14.2. The van der Waals surface area contributed by atoms with Gasteiger partial charge in [0.05, 0.1) is 6.10 Å². The van der Waals surface area contributed by atoms with Gasteiger partial charge >= 0.3 is 13.9 Å². The van der Waals surface area contributed by atoms with Gasteiger partial charge in [0.15, 0.2) is 0 Å². The lowest BCUT2D eigenvalue weighted by Gasteiger charge is -2.50. The Hall–Kier alpha value is -0.820. The second kappa shape index (κ2) is 10.0. The van der Waals surface area contributed by atoms with Crippen molar-refractivity contribution in [1.82, 2.24) is 4.90 Å². The van der Waals surface area contributed by atoms with Crippen LogP contribution in [0, 0.1) is 17.3 Å². The molecule has 1 aromatic rings. The molecule has 3 aliphatic carbocycles. The summed E-state index contributed by atoms with van der Waals surface area (Å²) in [6, 6.07) is 5.93. The summed E-state index contributed by atoms with van der Waals surface area (Å²) in [4.78, 5) is 32.7. The number of carbonyl (C=O) groups excluding carboxylic acids is 1. The van der Waals surface area contributed by atoms with Gasteiger partial charge in [0.25, 0.3) is 0 Å². The second-order valence-electron chi connectivity index (χ2n) is 9.72. The average Bonchev–Trinajstić information content (AvgIpc) is 3.08. The Morgan fingerprint density at radius 3 is 2.58 bits per heavy atom. The van der Waals surface area contributed by atoms with Crippen molar-refractivity contribution < 1.29 is 28.4 Å². The van der Waals surface area contributed by atoms with Gasteiger partial charge in [-0.15, -0.1) is 23.2 Å². The van der Waals surface area contributed by atoms with Crippen molar-refractivity contribution in [1.29, 1.82) is 0 Å². The molecule has 33 heavy (non-hydrogen) atoms. The Balaban J connectivity index is 1.48. The highest BCUT2D eigenvalue weighted by Gasteiger charge is 2.56. The number of carbonyl (C=O) groups is 1. The molecule has 0 heterocycles. The molecule has 7 nitrogen and oxygen atoms in total. The summed E-state index contributed by atoms with van der Waals surface area (Å²) in [5.41, 5.74) is 2.32. The van der Waals surface area contributed by atoms with Crippen molar-refractivity contribution in [3.63, 3.8) is 0 Å². The first kappa shape index (κ1) is 25.3. The number of phosphoric ester groups is 1. The molecule has 0 aromatic heterocycles. The SMILES string of the molecule is C[C@]12CC[C@@H]3c4ccc(OC(=O)N(CCCl)CCCl)cc4CC[C@@H]3[C@H]1CC[C@@H]2OP(=O)(O)O. The van der Waals surface area contributed by atoms with E-state index >= 15 is 0 Å². The monoisotopic (exact) mass is 519 g/mol. The van der Waals surface area contributed by atoms with E-state index < -0.39 is 20.0 Å². The summed E-state index contributed by atoms with van der Waals surface area (Å²) in [6.07, 6.45) is 4.55. The summed E-state index contributed by atoms with van der Waals surface area (Å²) in [6.45, 7) is 2.91. The van der Waals surface area contributed by atoms with Gasteiger partial charge in [0, 0.05) is 24.8 Å². The molecule has 2 saturated carbocycles. The predicted molar refractivity (Wildman–Crippen MR) is 127 cm³/mol. The fraction of sp³-hybridized carbons (Fsp3) is 0.696. The number of hydrogen-bond donors (Lipinski definition) is 2. The van der Waals surface area contributed by atoms with Crippen LogP contribution in [0.4, 0.5) is 4.79 Å². The van der Waals surface area contributed by atoms with Crippen LogP contribution in [0.2, 0.25) is 0 Å². The molecule has 0 aliphatic heterocycles. The molecule has 5 atom stereocenters. The molecular formula is C23H32Cl2NO6P. The molecule has 1 amide bonds. The van der Waals surface area contributed by atoms with Crippen molar-refractivity contribution >= 4 is 37.1 Å². The number of halogens is 2. The number of hydrogen-bond acceptors (Lipinski definition) is 4. The van der Waals surface area contributed by atoms with Crippen LogP contribution in [0.1, 0.15) is 56.1 Å². The lowest BCUT2D eigenvalue weighted by molar-refractivity contribution is -0.0217. The zero-order valence-electron chi connectivity index (χ0n) is 18.8. The molecule has 0 radical (unpaired) electrons. The average molecular weight is 520 g/mol. The number of phosphoric acid groups is 1. The second-order valence-corrected chi connectivity index (χ2v) is 11.7. The zero-order chi connectivity index (χ0) is 23.8. The normalized spacial score (nSPS) is 30.8. The highest BCUT2D eigenvalue weighted by molar-refractivity contribution is 7.46. The quantitative estimate of drug-likeness (QED) is 0.374. The summed E-state index contributed by atoms with van der Waals surface area (Å²) in [5.74, 6) is 2.44. The number of nitrogens with zero attached hydrogens (tertiary/aromatic N) is 1. The summed E-state index contributed by atoms with van der Waals surface area (Å²) < 4.78 is 22.3. The minimum absolute atomic E-state index is 0.205. The van der Waals surface area contributed by atoms with Crippen molar-refractivity contribution in [3.05, 3.63) is 29.3 Å². The standard InChI is InChI=1S/C23H32Cl2NO6P/c1-23-9-8-18-17-5-3-16(31-22(27)26(12-10-24)13-11-25)14-15(17)2-4-19(18)20(23)6-7-21(23)32-33(28,29)30/h3,5,14,18-21H,2,4,6-13H2,1H3,(H2,28,29,30)/t18-,19+,20-,21+,23+/m1/s1. The molecule has 3 aliphatic rings. The van der Waals surface area contributed by atoms with Crippen LogP contribution in [0.3, 0.4) is 0 Å². The largest absolute Gasteiger partial charge is 0.469 e. The third kappa shape index (κ3) is 5.24. The number of aryl methyl sites for hydroxylation is 1. The van der Waals surface area contributed by atoms with E-state index in [2.05, 4.69) is 13.0 Å². The maximum Gasteiger partial charge on any atom is 0.469 e. The minimum atomic E-state index is -4.50. The number of ether oxygens (including phenoxy) is 1. The van der Waals surface area contributed by atoms with E-state index in [0.717, 1.165) is 32.1 Å². The lowest BCUT2D eigenvalue weighted by atomic mass is 9.55. The maximum absolute atomic E-state index is 12.5. The van der Waals surface area contributed by atoms with Crippen molar-refractivity contribution in [2.75, 3.05) is 24.8 Å². The van der Waals surface area contributed by atoms with Crippen LogP contribution < -0.4 is 4.74 Å². The molecule has 10 heteroatoms. The number of amides is 1. The summed E-state index contributed by atoms with van der Waals surface area (Å²) >= 11 is 11.6. The summed E-state index contributed by atoms with van der Waals surface area (Å²) in [7, 11) is -4.50. The molecule has 1 aromatic carbocycles.